The van der Waals surface area contributed by atoms with E-state index in [4.69, 9.17) is 5.73 Å². The molecular weight excluding hydrogens is 204 g/mol. The van der Waals surface area contributed by atoms with Crippen LogP contribution in [0.1, 0.15) is 6.42 Å². The first-order valence-corrected chi connectivity index (χ1v) is 6.14. The molecule has 0 saturated carbocycles. The minimum atomic E-state index is -3.24. The summed E-state index contributed by atoms with van der Waals surface area (Å²) in [6.07, 6.45) is 3.43. The average Bonchev–Trinajstić information content (AvgIpc) is 2.46. The third-order valence-electron chi connectivity index (χ3n) is 2.21. The molecule has 0 amide bonds. The smallest absolute Gasteiger partial charge is 0.233 e. The zero-order chi connectivity index (χ0) is 10.3. The number of hydrogen-bond donors (Lipinski definition) is 1. The normalized spacial score (nSPS) is 16.8. The van der Waals surface area contributed by atoms with Crippen molar-refractivity contribution in [2.75, 3.05) is 22.8 Å². The molecule has 1 aliphatic rings. The first-order valence-electron chi connectivity index (χ1n) is 4.29. The summed E-state index contributed by atoms with van der Waals surface area (Å²) in [4.78, 5) is 0. The maximum absolute atomic E-state index is 11.4. The number of rotatable bonds is 1. The van der Waals surface area contributed by atoms with Gasteiger partial charge in [0.15, 0.2) is 5.82 Å². The number of aromatic nitrogens is 2. The standard InChI is InChI=1S/C7H12N4O2S/c1-14(12,13)11-4-2-3-10-7(11)6(8)5-9-10/h5H,2-4,8H2,1H3. The van der Waals surface area contributed by atoms with E-state index >= 15 is 0 Å². The number of nitrogens with zero attached hydrogens (tertiary/aromatic N) is 3. The fourth-order valence-corrected chi connectivity index (χ4v) is 2.60. The summed E-state index contributed by atoms with van der Waals surface area (Å²) < 4.78 is 25.8. The van der Waals surface area contributed by atoms with Gasteiger partial charge >= 0.3 is 0 Å². The number of nitrogen functional groups attached to an aromatic ring is 1. The first kappa shape index (κ1) is 9.32. The summed E-state index contributed by atoms with van der Waals surface area (Å²) in [5, 5.41) is 4.01. The molecule has 2 N–H and O–H groups in total. The van der Waals surface area contributed by atoms with Crippen molar-refractivity contribution in [3.8, 4) is 0 Å². The van der Waals surface area contributed by atoms with E-state index in [2.05, 4.69) is 5.10 Å². The fraction of sp³-hybridized carbons (Fsp3) is 0.571. The Kier molecular flexibility index (Phi) is 1.91. The SMILES string of the molecule is CS(=O)(=O)N1CCCn2ncc(N)c21. The number of anilines is 2. The van der Waals surface area contributed by atoms with Crippen molar-refractivity contribution in [3.05, 3.63) is 6.20 Å². The Balaban J connectivity index is 2.55. The number of nitrogens with two attached hydrogens (primary N) is 1. The van der Waals surface area contributed by atoms with E-state index in [0.29, 0.717) is 18.1 Å². The van der Waals surface area contributed by atoms with Gasteiger partial charge in [-0.2, -0.15) is 5.10 Å². The van der Waals surface area contributed by atoms with Crippen LogP contribution in [0.15, 0.2) is 6.20 Å². The molecule has 0 bridgehead atoms. The summed E-state index contributed by atoms with van der Waals surface area (Å²) in [7, 11) is -3.24. The molecule has 1 aliphatic heterocycles. The van der Waals surface area contributed by atoms with Crippen LogP contribution in [-0.4, -0.2) is 31.0 Å². The van der Waals surface area contributed by atoms with E-state index in [0.717, 1.165) is 13.0 Å². The van der Waals surface area contributed by atoms with Crippen LogP contribution in [0.4, 0.5) is 11.5 Å². The second-order valence-corrected chi connectivity index (χ2v) is 5.24. The van der Waals surface area contributed by atoms with Crippen molar-refractivity contribution >= 4 is 21.5 Å². The van der Waals surface area contributed by atoms with Crippen LogP contribution in [0.5, 0.6) is 0 Å². The molecule has 0 aliphatic carbocycles. The summed E-state index contributed by atoms with van der Waals surface area (Å²) in [5.41, 5.74) is 6.07. The number of sulfonamides is 1. The Morgan fingerprint density at radius 1 is 1.50 bits per heavy atom. The topological polar surface area (TPSA) is 81.2 Å². The number of hydrogen-bond acceptors (Lipinski definition) is 4. The Morgan fingerprint density at radius 2 is 2.21 bits per heavy atom. The minimum absolute atomic E-state index is 0.412. The Hall–Kier alpha value is -1.24. The van der Waals surface area contributed by atoms with Gasteiger partial charge in [0, 0.05) is 13.1 Å². The van der Waals surface area contributed by atoms with Gasteiger partial charge in [-0.05, 0) is 6.42 Å². The molecule has 0 fully saturated rings. The zero-order valence-corrected chi connectivity index (χ0v) is 8.66. The summed E-state index contributed by atoms with van der Waals surface area (Å²) >= 11 is 0. The summed E-state index contributed by atoms with van der Waals surface area (Å²) in [5.74, 6) is 0.499. The highest BCUT2D eigenvalue weighted by Gasteiger charge is 2.26. The highest BCUT2D eigenvalue weighted by molar-refractivity contribution is 7.92. The molecule has 2 heterocycles. The van der Waals surface area contributed by atoms with Crippen molar-refractivity contribution in [3.63, 3.8) is 0 Å². The maximum Gasteiger partial charge on any atom is 0.233 e. The molecule has 0 atom stereocenters. The van der Waals surface area contributed by atoms with Gasteiger partial charge in [-0.25, -0.2) is 13.1 Å². The molecular formula is C7H12N4O2S. The van der Waals surface area contributed by atoms with Gasteiger partial charge in [0.1, 0.15) is 0 Å². The average molecular weight is 216 g/mol. The van der Waals surface area contributed by atoms with E-state index < -0.39 is 10.0 Å². The highest BCUT2D eigenvalue weighted by atomic mass is 32.2. The maximum atomic E-state index is 11.4. The molecule has 0 aromatic carbocycles. The minimum Gasteiger partial charge on any atom is -0.394 e. The molecule has 0 saturated heterocycles. The van der Waals surface area contributed by atoms with E-state index in [1.54, 1.807) is 4.68 Å². The molecule has 2 rings (SSSR count). The first-order chi connectivity index (χ1) is 6.50. The zero-order valence-electron chi connectivity index (χ0n) is 7.84. The van der Waals surface area contributed by atoms with E-state index in [9.17, 15) is 8.42 Å². The largest absolute Gasteiger partial charge is 0.394 e. The van der Waals surface area contributed by atoms with Crippen molar-refractivity contribution in [2.45, 2.75) is 13.0 Å². The van der Waals surface area contributed by atoms with Gasteiger partial charge in [-0.1, -0.05) is 0 Å². The molecule has 0 unspecified atom stereocenters. The van der Waals surface area contributed by atoms with Crippen molar-refractivity contribution in [2.24, 2.45) is 0 Å². The molecule has 1 aromatic rings. The van der Waals surface area contributed by atoms with Crippen LogP contribution in [0, 0.1) is 0 Å². The molecule has 6 nitrogen and oxygen atoms in total. The van der Waals surface area contributed by atoms with Crippen LogP contribution < -0.4 is 10.0 Å². The van der Waals surface area contributed by atoms with Gasteiger partial charge in [-0.15, -0.1) is 0 Å². The van der Waals surface area contributed by atoms with Crippen LogP contribution in [-0.2, 0) is 16.6 Å². The van der Waals surface area contributed by atoms with Crippen molar-refractivity contribution in [1.82, 2.24) is 9.78 Å². The number of fused-ring (bicyclic) bond motifs is 1. The van der Waals surface area contributed by atoms with Crippen LogP contribution in [0.3, 0.4) is 0 Å². The Bertz CT molecular complexity index is 450. The molecule has 7 heteroatoms. The lowest BCUT2D eigenvalue weighted by Crippen LogP contribution is -2.37. The highest BCUT2D eigenvalue weighted by Crippen LogP contribution is 2.28. The Morgan fingerprint density at radius 3 is 2.86 bits per heavy atom. The van der Waals surface area contributed by atoms with E-state index in [-0.39, 0.29) is 0 Å². The Labute approximate surface area is 82.4 Å². The summed E-state index contributed by atoms with van der Waals surface area (Å²) in [6, 6.07) is 0. The molecule has 14 heavy (non-hydrogen) atoms. The fourth-order valence-electron chi connectivity index (χ4n) is 1.62. The van der Waals surface area contributed by atoms with E-state index in [1.807, 2.05) is 0 Å². The lowest BCUT2D eigenvalue weighted by molar-refractivity contribution is 0.535. The van der Waals surface area contributed by atoms with Gasteiger partial charge in [0.25, 0.3) is 0 Å². The predicted molar refractivity (Wildman–Crippen MR) is 53.4 cm³/mol. The van der Waals surface area contributed by atoms with Crippen molar-refractivity contribution in [1.29, 1.82) is 0 Å². The van der Waals surface area contributed by atoms with Gasteiger partial charge in [0.05, 0.1) is 18.1 Å². The van der Waals surface area contributed by atoms with E-state index in [1.165, 1.54) is 16.8 Å². The molecule has 1 aromatic heterocycles. The predicted octanol–water partition coefficient (Wildman–Crippen LogP) is -0.365. The van der Waals surface area contributed by atoms with Gasteiger partial charge in [0.2, 0.25) is 10.0 Å². The number of aryl methyl sites for hydroxylation is 1. The van der Waals surface area contributed by atoms with Crippen LogP contribution >= 0.6 is 0 Å². The van der Waals surface area contributed by atoms with Gasteiger partial charge < -0.3 is 5.73 Å². The lowest BCUT2D eigenvalue weighted by atomic mass is 10.3. The molecule has 0 radical (unpaired) electrons. The second-order valence-electron chi connectivity index (χ2n) is 3.34. The quantitative estimate of drug-likeness (QED) is 0.694. The monoisotopic (exact) mass is 216 g/mol. The van der Waals surface area contributed by atoms with Crippen LogP contribution in [0.2, 0.25) is 0 Å². The van der Waals surface area contributed by atoms with Crippen LogP contribution in [0.25, 0.3) is 0 Å². The third-order valence-corrected chi connectivity index (χ3v) is 3.36. The molecule has 78 valence electrons. The summed E-state index contributed by atoms with van der Waals surface area (Å²) in [6.45, 7) is 1.20. The van der Waals surface area contributed by atoms with Gasteiger partial charge in [-0.3, -0.25) is 4.31 Å². The second kappa shape index (κ2) is 2.88. The lowest BCUT2D eigenvalue weighted by Gasteiger charge is -2.27. The third kappa shape index (κ3) is 1.33. The molecule has 0 spiro atoms. The van der Waals surface area contributed by atoms with Crippen molar-refractivity contribution < 1.29 is 8.42 Å².